The van der Waals surface area contributed by atoms with Crippen LogP contribution in [0, 0.1) is 0 Å². The monoisotopic (exact) mass is 196 g/mol. The van der Waals surface area contributed by atoms with Crippen LogP contribution in [0.25, 0.3) is 0 Å². The Morgan fingerprint density at radius 3 is 2.93 bits per heavy atom. The third-order valence-corrected chi connectivity index (χ3v) is 2.44. The van der Waals surface area contributed by atoms with Crippen LogP contribution in [0.4, 0.5) is 0 Å². The molecule has 0 aromatic carbocycles. The highest BCUT2D eigenvalue weighted by molar-refractivity contribution is 4.98. The SMILES string of the molecule is CCN(C)CCNCc1ccnn1C. The van der Waals surface area contributed by atoms with Gasteiger partial charge in [-0.3, -0.25) is 4.68 Å². The normalized spacial score (nSPS) is 11.1. The summed E-state index contributed by atoms with van der Waals surface area (Å²) in [6.07, 6.45) is 1.83. The molecule has 4 nitrogen and oxygen atoms in total. The molecular weight excluding hydrogens is 176 g/mol. The molecule has 0 spiro atoms. The molecule has 0 saturated heterocycles. The Balaban J connectivity index is 2.13. The molecule has 0 aliphatic carbocycles. The molecule has 1 aromatic rings. The van der Waals surface area contributed by atoms with E-state index in [1.165, 1.54) is 5.69 Å². The fraction of sp³-hybridized carbons (Fsp3) is 0.700. The summed E-state index contributed by atoms with van der Waals surface area (Å²) in [6, 6.07) is 2.04. The van der Waals surface area contributed by atoms with Crippen molar-refractivity contribution < 1.29 is 0 Å². The van der Waals surface area contributed by atoms with E-state index in [2.05, 4.69) is 29.3 Å². The highest BCUT2D eigenvalue weighted by Gasteiger charge is 1.97. The van der Waals surface area contributed by atoms with Gasteiger partial charge in [-0.05, 0) is 19.7 Å². The minimum atomic E-state index is 0.897. The Morgan fingerprint density at radius 2 is 2.36 bits per heavy atom. The van der Waals surface area contributed by atoms with Gasteiger partial charge in [0.25, 0.3) is 0 Å². The molecule has 4 heteroatoms. The zero-order valence-corrected chi connectivity index (χ0v) is 9.32. The number of hydrogen-bond acceptors (Lipinski definition) is 3. The van der Waals surface area contributed by atoms with Gasteiger partial charge in [0.2, 0.25) is 0 Å². The summed E-state index contributed by atoms with van der Waals surface area (Å²) in [5, 5.41) is 7.50. The summed E-state index contributed by atoms with van der Waals surface area (Å²) in [5.41, 5.74) is 1.23. The zero-order valence-electron chi connectivity index (χ0n) is 9.32. The van der Waals surface area contributed by atoms with Gasteiger partial charge in [-0.15, -0.1) is 0 Å². The predicted octanol–water partition coefficient (Wildman–Crippen LogP) is 0.461. The average molecular weight is 196 g/mol. The van der Waals surface area contributed by atoms with Crippen molar-refractivity contribution >= 4 is 0 Å². The first kappa shape index (κ1) is 11.2. The highest BCUT2D eigenvalue weighted by Crippen LogP contribution is 1.94. The van der Waals surface area contributed by atoms with Gasteiger partial charge < -0.3 is 10.2 Å². The number of aryl methyl sites for hydroxylation is 1. The Labute approximate surface area is 85.9 Å². The lowest BCUT2D eigenvalue weighted by atomic mass is 10.4. The number of nitrogens with one attached hydrogen (secondary N) is 1. The third kappa shape index (κ3) is 3.47. The van der Waals surface area contributed by atoms with Gasteiger partial charge in [0, 0.05) is 32.9 Å². The van der Waals surface area contributed by atoms with Gasteiger partial charge in [-0.25, -0.2) is 0 Å². The first-order valence-electron chi connectivity index (χ1n) is 5.10. The summed E-state index contributed by atoms with van der Waals surface area (Å²) in [6.45, 7) is 6.28. The quantitative estimate of drug-likeness (QED) is 0.671. The maximum atomic E-state index is 4.11. The number of nitrogens with zero attached hydrogens (tertiary/aromatic N) is 3. The Kier molecular flexibility index (Phi) is 4.62. The van der Waals surface area contributed by atoms with E-state index in [0.717, 1.165) is 26.2 Å². The molecular formula is C10H20N4. The minimum Gasteiger partial charge on any atom is -0.310 e. The lowest BCUT2D eigenvalue weighted by Crippen LogP contribution is -2.29. The van der Waals surface area contributed by atoms with Crippen molar-refractivity contribution in [2.45, 2.75) is 13.5 Å². The van der Waals surface area contributed by atoms with Gasteiger partial charge in [0.15, 0.2) is 0 Å². The topological polar surface area (TPSA) is 33.1 Å². The van der Waals surface area contributed by atoms with Crippen LogP contribution in [0.15, 0.2) is 12.3 Å². The fourth-order valence-electron chi connectivity index (χ4n) is 1.22. The van der Waals surface area contributed by atoms with Crippen LogP contribution < -0.4 is 5.32 Å². The van der Waals surface area contributed by atoms with E-state index in [-0.39, 0.29) is 0 Å². The van der Waals surface area contributed by atoms with Crippen LogP contribution in [0.2, 0.25) is 0 Å². The van der Waals surface area contributed by atoms with Gasteiger partial charge >= 0.3 is 0 Å². The second kappa shape index (κ2) is 5.78. The fourth-order valence-corrected chi connectivity index (χ4v) is 1.22. The summed E-state index contributed by atoms with van der Waals surface area (Å²) in [4.78, 5) is 2.29. The van der Waals surface area contributed by atoms with E-state index in [9.17, 15) is 0 Å². The molecule has 1 rings (SSSR count). The van der Waals surface area contributed by atoms with Crippen LogP contribution in [0.5, 0.6) is 0 Å². The molecule has 14 heavy (non-hydrogen) atoms. The van der Waals surface area contributed by atoms with Crippen molar-refractivity contribution in [3.63, 3.8) is 0 Å². The van der Waals surface area contributed by atoms with E-state index in [0.29, 0.717) is 0 Å². The van der Waals surface area contributed by atoms with Crippen molar-refractivity contribution in [1.82, 2.24) is 20.0 Å². The van der Waals surface area contributed by atoms with Crippen molar-refractivity contribution in [2.24, 2.45) is 7.05 Å². The standard InChI is InChI=1S/C10H20N4/c1-4-13(2)8-7-11-9-10-5-6-12-14(10)3/h5-6,11H,4,7-9H2,1-3H3. The van der Waals surface area contributed by atoms with E-state index in [1.54, 1.807) is 0 Å². The number of likely N-dealkylation sites (N-methyl/N-ethyl adjacent to an activating group) is 1. The largest absolute Gasteiger partial charge is 0.310 e. The third-order valence-electron chi connectivity index (χ3n) is 2.44. The van der Waals surface area contributed by atoms with Gasteiger partial charge in [-0.1, -0.05) is 6.92 Å². The molecule has 0 fully saturated rings. The molecule has 1 heterocycles. The molecule has 0 aliphatic heterocycles. The van der Waals surface area contributed by atoms with E-state index in [4.69, 9.17) is 0 Å². The maximum absolute atomic E-state index is 4.11. The van der Waals surface area contributed by atoms with Crippen LogP contribution in [0.3, 0.4) is 0 Å². The Hall–Kier alpha value is -0.870. The molecule has 80 valence electrons. The van der Waals surface area contributed by atoms with Crippen molar-refractivity contribution in [3.8, 4) is 0 Å². The number of aromatic nitrogens is 2. The summed E-state index contributed by atoms with van der Waals surface area (Å²) in [7, 11) is 4.10. The maximum Gasteiger partial charge on any atom is 0.0518 e. The molecule has 1 N–H and O–H groups in total. The smallest absolute Gasteiger partial charge is 0.0518 e. The average Bonchev–Trinajstić information content (AvgIpc) is 2.58. The van der Waals surface area contributed by atoms with Gasteiger partial charge in [-0.2, -0.15) is 5.10 Å². The van der Waals surface area contributed by atoms with E-state index < -0.39 is 0 Å². The molecule has 0 bridgehead atoms. The molecule has 0 saturated carbocycles. The molecule has 0 atom stereocenters. The van der Waals surface area contributed by atoms with Gasteiger partial charge in [0.1, 0.15) is 0 Å². The second-order valence-corrected chi connectivity index (χ2v) is 3.52. The van der Waals surface area contributed by atoms with Gasteiger partial charge in [0.05, 0.1) is 5.69 Å². The first-order valence-corrected chi connectivity index (χ1v) is 5.10. The summed E-state index contributed by atoms with van der Waals surface area (Å²) < 4.78 is 1.90. The lowest BCUT2D eigenvalue weighted by Gasteiger charge is -2.13. The summed E-state index contributed by atoms with van der Waals surface area (Å²) >= 11 is 0. The molecule has 0 aliphatic rings. The lowest BCUT2D eigenvalue weighted by molar-refractivity contribution is 0.348. The van der Waals surface area contributed by atoms with Crippen molar-refractivity contribution in [2.75, 3.05) is 26.7 Å². The number of rotatable bonds is 6. The molecule has 1 aromatic heterocycles. The molecule has 0 unspecified atom stereocenters. The number of hydrogen-bond donors (Lipinski definition) is 1. The van der Waals surface area contributed by atoms with Crippen LogP contribution in [-0.4, -0.2) is 41.4 Å². The van der Waals surface area contributed by atoms with Crippen LogP contribution in [-0.2, 0) is 13.6 Å². The van der Waals surface area contributed by atoms with Crippen molar-refractivity contribution in [1.29, 1.82) is 0 Å². The minimum absolute atomic E-state index is 0.897. The Bertz CT molecular complexity index is 256. The highest BCUT2D eigenvalue weighted by atomic mass is 15.3. The van der Waals surface area contributed by atoms with E-state index >= 15 is 0 Å². The molecule has 0 radical (unpaired) electrons. The van der Waals surface area contributed by atoms with Crippen LogP contribution >= 0.6 is 0 Å². The first-order chi connectivity index (χ1) is 6.74. The van der Waals surface area contributed by atoms with Crippen LogP contribution in [0.1, 0.15) is 12.6 Å². The summed E-state index contributed by atoms with van der Waals surface area (Å²) in [5.74, 6) is 0. The Morgan fingerprint density at radius 1 is 1.57 bits per heavy atom. The zero-order chi connectivity index (χ0) is 10.4. The van der Waals surface area contributed by atoms with Crippen molar-refractivity contribution in [3.05, 3.63) is 18.0 Å². The molecule has 0 amide bonds. The second-order valence-electron chi connectivity index (χ2n) is 3.52. The predicted molar refractivity (Wildman–Crippen MR) is 58.1 cm³/mol. The van der Waals surface area contributed by atoms with E-state index in [1.807, 2.05) is 24.0 Å².